The molecule has 1 saturated heterocycles. The van der Waals surface area contributed by atoms with Gasteiger partial charge in [0.05, 0.1) is 11.1 Å². The van der Waals surface area contributed by atoms with Crippen molar-refractivity contribution in [2.45, 2.75) is 18.3 Å². The second-order valence-electron chi connectivity index (χ2n) is 6.31. The van der Waals surface area contributed by atoms with E-state index in [1.165, 1.54) is 12.0 Å². The predicted octanol–water partition coefficient (Wildman–Crippen LogP) is 3.65. The fourth-order valence-electron chi connectivity index (χ4n) is 3.64. The molecule has 4 rings (SSSR count). The molecule has 27 heavy (non-hydrogen) atoms. The lowest BCUT2D eigenvalue weighted by Crippen LogP contribution is -2.68. The summed E-state index contributed by atoms with van der Waals surface area (Å²) in [5, 5.41) is -0.0109. The smallest absolute Gasteiger partial charge is 0.269 e. The molecule has 0 unspecified atom stereocenters. The van der Waals surface area contributed by atoms with Crippen LogP contribution in [-0.2, 0) is 14.3 Å². The van der Waals surface area contributed by atoms with Crippen LogP contribution in [0.25, 0.3) is 0 Å². The maximum atomic E-state index is 13.1. The number of β-lactam (4-membered cyclic amide) rings is 1. The van der Waals surface area contributed by atoms with Gasteiger partial charge in [0.25, 0.3) is 11.8 Å². The number of amides is 2. The zero-order valence-electron chi connectivity index (χ0n) is 14.4. The zero-order chi connectivity index (χ0) is 19.1. The molecular weight excluding hydrogens is 387 g/mol. The van der Waals surface area contributed by atoms with E-state index in [9.17, 15) is 9.59 Å². The number of nitrogens with zero attached hydrogens (tertiary/aromatic N) is 2. The van der Waals surface area contributed by atoms with Gasteiger partial charge in [-0.05, 0) is 17.7 Å². The summed E-state index contributed by atoms with van der Waals surface area (Å²) in [7, 11) is 1.43. The molecule has 1 fully saturated rings. The minimum atomic E-state index is -0.871. The van der Waals surface area contributed by atoms with Crippen LogP contribution in [0.15, 0.2) is 70.7 Å². The van der Waals surface area contributed by atoms with Crippen molar-refractivity contribution in [2.24, 2.45) is 0 Å². The van der Waals surface area contributed by atoms with Crippen molar-refractivity contribution in [1.29, 1.82) is 0 Å². The fraction of sp³-hybridized carbons (Fsp3) is 0.200. The van der Waals surface area contributed by atoms with Crippen molar-refractivity contribution >= 4 is 40.7 Å². The third-order valence-corrected chi connectivity index (χ3v) is 5.71. The summed E-state index contributed by atoms with van der Waals surface area (Å²) in [6.45, 7) is 0. The van der Waals surface area contributed by atoms with Crippen molar-refractivity contribution in [2.75, 3.05) is 12.0 Å². The summed E-state index contributed by atoms with van der Waals surface area (Å²) < 4.78 is 5.37. The molecule has 0 saturated carbocycles. The Balaban J connectivity index is 1.77. The highest BCUT2D eigenvalue weighted by Crippen LogP contribution is 2.46. The number of hydrogen-bond donors (Lipinski definition) is 0. The first-order chi connectivity index (χ1) is 13.1. The third kappa shape index (κ3) is 2.74. The van der Waals surface area contributed by atoms with Crippen LogP contribution in [0.5, 0.6) is 0 Å². The number of para-hydroxylation sites is 1. The van der Waals surface area contributed by atoms with Crippen LogP contribution in [0, 0.1) is 0 Å². The Bertz CT molecular complexity index is 917. The maximum absolute atomic E-state index is 13.1. The molecule has 0 radical (unpaired) electrons. The van der Waals surface area contributed by atoms with Crippen molar-refractivity contribution in [1.82, 2.24) is 4.90 Å². The van der Waals surface area contributed by atoms with Gasteiger partial charge < -0.3 is 9.64 Å². The van der Waals surface area contributed by atoms with Gasteiger partial charge in [0.1, 0.15) is 11.1 Å². The molecule has 7 heteroatoms. The highest BCUT2D eigenvalue weighted by atomic mass is 35.5. The summed E-state index contributed by atoms with van der Waals surface area (Å²) in [5.41, 5.74) is 1.67. The molecule has 2 aromatic carbocycles. The predicted molar refractivity (Wildman–Crippen MR) is 103 cm³/mol. The molecule has 0 aromatic heterocycles. The fourth-order valence-corrected chi connectivity index (χ4v) is 4.11. The minimum absolute atomic E-state index is 0.0990. The normalized spacial score (nSPS) is 25.2. The van der Waals surface area contributed by atoms with Gasteiger partial charge in [-0.2, -0.15) is 0 Å². The summed E-state index contributed by atoms with van der Waals surface area (Å²) in [6, 6.07) is 17.8. The SMILES string of the molecule is CO[C@H]1C(Cl)=C(Cl)C(=O)N1[C@@H]1C(=O)N(c2ccccc2)[C@@H]1c1ccccc1. The van der Waals surface area contributed by atoms with E-state index in [4.69, 9.17) is 27.9 Å². The number of rotatable bonds is 4. The van der Waals surface area contributed by atoms with E-state index >= 15 is 0 Å². The largest absolute Gasteiger partial charge is 0.356 e. The van der Waals surface area contributed by atoms with Crippen LogP contribution in [0.4, 0.5) is 5.69 Å². The number of halogens is 2. The van der Waals surface area contributed by atoms with E-state index < -0.39 is 18.2 Å². The summed E-state index contributed by atoms with van der Waals surface area (Å²) >= 11 is 12.2. The van der Waals surface area contributed by atoms with Crippen LogP contribution in [0.3, 0.4) is 0 Å². The van der Waals surface area contributed by atoms with Crippen molar-refractivity contribution in [3.05, 3.63) is 76.3 Å². The van der Waals surface area contributed by atoms with Crippen molar-refractivity contribution < 1.29 is 14.3 Å². The molecule has 138 valence electrons. The van der Waals surface area contributed by atoms with Crippen LogP contribution in [0.2, 0.25) is 0 Å². The maximum Gasteiger partial charge on any atom is 0.269 e. The van der Waals surface area contributed by atoms with E-state index in [0.717, 1.165) is 11.3 Å². The lowest BCUT2D eigenvalue weighted by Gasteiger charge is -2.51. The molecule has 2 aliphatic heterocycles. The molecule has 0 bridgehead atoms. The second-order valence-corrected chi connectivity index (χ2v) is 7.09. The number of anilines is 1. The summed E-state index contributed by atoms with van der Waals surface area (Å²) in [6.07, 6.45) is -0.871. The number of benzene rings is 2. The first kappa shape index (κ1) is 18.0. The topological polar surface area (TPSA) is 49.9 Å². The molecule has 3 atom stereocenters. The minimum Gasteiger partial charge on any atom is -0.356 e. The molecule has 2 amide bonds. The van der Waals surface area contributed by atoms with Crippen LogP contribution in [-0.4, -0.2) is 36.1 Å². The monoisotopic (exact) mass is 402 g/mol. The number of hydrogen-bond acceptors (Lipinski definition) is 3. The summed E-state index contributed by atoms with van der Waals surface area (Å²) in [5.74, 6) is -0.707. The van der Waals surface area contributed by atoms with Crippen molar-refractivity contribution in [3.63, 3.8) is 0 Å². The quantitative estimate of drug-likeness (QED) is 0.733. The van der Waals surface area contributed by atoms with Gasteiger partial charge in [0.2, 0.25) is 0 Å². The van der Waals surface area contributed by atoms with Crippen molar-refractivity contribution in [3.8, 4) is 0 Å². The van der Waals surface area contributed by atoms with E-state index in [-0.39, 0.29) is 22.0 Å². The molecule has 0 spiro atoms. The van der Waals surface area contributed by atoms with Gasteiger partial charge in [-0.3, -0.25) is 14.5 Å². The summed E-state index contributed by atoms with van der Waals surface area (Å²) in [4.78, 5) is 28.8. The van der Waals surface area contributed by atoms with Gasteiger partial charge in [0.15, 0.2) is 6.23 Å². The molecule has 2 heterocycles. The number of methoxy groups -OCH3 is 1. The molecular formula is C20H16Cl2N2O3. The van der Waals surface area contributed by atoms with Crippen LogP contribution >= 0.6 is 23.2 Å². The lowest BCUT2D eigenvalue weighted by molar-refractivity contribution is -0.151. The highest BCUT2D eigenvalue weighted by Gasteiger charge is 2.57. The average Bonchev–Trinajstić information content (AvgIpc) is 2.91. The van der Waals surface area contributed by atoms with E-state index in [1.807, 2.05) is 60.7 Å². The first-order valence-electron chi connectivity index (χ1n) is 8.40. The van der Waals surface area contributed by atoms with Gasteiger partial charge in [-0.15, -0.1) is 0 Å². The number of carbonyl (C=O) groups excluding carboxylic acids is 2. The highest BCUT2D eigenvalue weighted by molar-refractivity contribution is 6.49. The molecule has 0 N–H and O–H groups in total. The van der Waals surface area contributed by atoms with Crippen LogP contribution < -0.4 is 4.90 Å². The molecule has 2 aliphatic rings. The van der Waals surface area contributed by atoms with E-state index in [1.54, 1.807) is 4.90 Å². The Morgan fingerprint density at radius 3 is 2.07 bits per heavy atom. The zero-order valence-corrected chi connectivity index (χ0v) is 15.9. The van der Waals surface area contributed by atoms with Gasteiger partial charge in [-0.1, -0.05) is 71.7 Å². The lowest BCUT2D eigenvalue weighted by atomic mass is 9.86. The van der Waals surface area contributed by atoms with Gasteiger partial charge >= 0.3 is 0 Å². The Morgan fingerprint density at radius 1 is 0.889 bits per heavy atom. The Labute approximate surface area is 166 Å². The average molecular weight is 403 g/mol. The Hall–Kier alpha value is -2.34. The third-order valence-electron chi connectivity index (χ3n) is 4.87. The number of carbonyl (C=O) groups is 2. The first-order valence-corrected chi connectivity index (χ1v) is 9.15. The van der Waals surface area contributed by atoms with E-state index in [2.05, 4.69) is 0 Å². The van der Waals surface area contributed by atoms with Gasteiger partial charge in [0, 0.05) is 12.8 Å². The molecule has 2 aromatic rings. The van der Waals surface area contributed by atoms with Gasteiger partial charge in [-0.25, -0.2) is 0 Å². The number of ether oxygens (including phenoxy) is 1. The van der Waals surface area contributed by atoms with Crippen LogP contribution in [0.1, 0.15) is 11.6 Å². The molecule has 5 nitrogen and oxygen atoms in total. The molecule has 0 aliphatic carbocycles. The Morgan fingerprint density at radius 2 is 1.48 bits per heavy atom. The second kappa shape index (κ2) is 7.00. The van der Waals surface area contributed by atoms with E-state index in [0.29, 0.717) is 0 Å². The Kier molecular flexibility index (Phi) is 4.68. The standard InChI is InChI=1S/C20H16Cl2N2O3/c1-27-20-15(22)14(21)18(25)24(20)17-16(12-8-4-2-5-9-12)23(19(17)26)13-10-6-3-7-11-13/h2-11,16-17,20H,1H3/t16-,17+,20+/m1/s1.